The number of carbonyl (C=O) groups is 3. The molecule has 0 radical (unpaired) electrons. The van der Waals surface area contributed by atoms with E-state index >= 15 is 0 Å². The summed E-state index contributed by atoms with van der Waals surface area (Å²) in [6.45, 7) is 5.63. The number of hydrogen-bond acceptors (Lipinski definition) is 11. The summed E-state index contributed by atoms with van der Waals surface area (Å²) in [6, 6.07) is -0.846. The van der Waals surface area contributed by atoms with E-state index in [4.69, 9.17) is 25.7 Å². The minimum Gasteiger partial charge on any atom is -0.465 e. The van der Waals surface area contributed by atoms with Crippen molar-refractivity contribution in [1.82, 2.24) is 19.5 Å². The highest BCUT2D eigenvalue weighted by Crippen LogP contribution is 2.27. The highest BCUT2D eigenvalue weighted by molar-refractivity contribution is 5.75. The van der Waals surface area contributed by atoms with Gasteiger partial charge in [0.1, 0.15) is 25.9 Å². The first-order valence-electron chi connectivity index (χ1n) is 10.3. The molecule has 0 saturated carbocycles. The van der Waals surface area contributed by atoms with Crippen molar-refractivity contribution in [3.63, 3.8) is 0 Å². The maximum atomic E-state index is 12.4. The van der Waals surface area contributed by atoms with E-state index in [1.807, 2.05) is 0 Å². The molecule has 2 rings (SSSR count). The SMILES string of the molecule is CC(=O)OCC(CCn1cnc2c(=O)[nH]c(N)nc21)(COC(C)=O)COC(=O)[C@H](N)C(C)C. The van der Waals surface area contributed by atoms with Gasteiger partial charge >= 0.3 is 17.9 Å². The number of ether oxygens (including phenoxy) is 3. The number of fused-ring (bicyclic) bond motifs is 1. The molecule has 0 bridgehead atoms. The Labute approximate surface area is 189 Å². The van der Waals surface area contributed by atoms with Crippen molar-refractivity contribution in [2.75, 3.05) is 25.6 Å². The summed E-state index contributed by atoms with van der Waals surface area (Å²) in [4.78, 5) is 57.9. The largest absolute Gasteiger partial charge is 0.465 e. The molecule has 33 heavy (non-hydrogen) atoms. The number of hydrogen-bond donors (Lipinski definition) is 3. The van der Waals surface area contributed by atoms with Crippen LogP contribution in [0.15, 0.2) is 11.1 Å². The van der Waals surface area contributed by atoms with Gasteiger partial charge in [0.25, 0.3) is 5.56 Å². The molecule has 0 unspecified atom stereocenters. The first kappa shape index (κ1) is 25.8. The number of esters is 3. The van der Waals surface area contributed by atoms with Gasteiger partial charge in [0.15, 0.2) is 11.2 Å². The summed E-state index contributed by atoms with van der Waals surface area (Å²) in [6.07, 6.45) is 1.62. The van der Waals surface area contributed by atoms with Crippen molar-refractivity contribution >= 4 is 35.0 Å². The van der Waals surface area contributed by atoms with E-state index in [1.165, 1.54) is 20.2 Å². The van der Waals surface area contributed by atoms with Crippen molar-refractivity contribution in [2.45, 2.75) is 46.7 Å². The fraction of sp³-hybridized carbons (Fsp3) is 0.600. The lowest BCUT2D eigenvalue weighted by molar-refractivity contribution is -0.162. The Morgan fingerprint density at radius 2 is 1.70 bits per heavy atom. The number of anilines is 1. The number of rotatable bonds is 11. The predicted molar refractivity (Wildman–Crippen MR) is 117 cm³/mol. The Hall–Kier alpha value is -3.48. The lowest BCUT2D eigenvalue weighted by Gasteiger charge is -2.32. The lowest BCUT2D eigenvalue weighted by atomic mass is 9.86. The topological polar surface area (TPSA) is 195 Å². The maximum absolute atomic E-state index is 12.4. The molecule has 182 valence electrons. The van der Waals surface area contributed by atoms with Gasteiger partial charge in [-0.2, -0.15) is 4.98 Å². The van der Waals surface area contributed by atoms with Gasteiger partial charge in [0.2, 0.25) is 5.95 Å². The molecule has 0 aromatic carbocycles. The average Bonchev–Trinajstić information content (AvgIpc) is 3.14. The molecular formula is C20H30N6O7. The molecule has 0 amide bonds. The smallest absolute Gasteiger partial charge is 0.323 e. The lowest BCUT2D eigenvalue weighted by Crippen LogP contribution is -2.43. The zero-order valence-electron chi connectivity index (χ0n) is 19.1. The first-order chi connectivity index (χ1) is 15.4. The summed E-state index contributed by atoms with van der Waals surface area (Å²) in [5.74, 6) is -1.96. The van der Waals surface area contributed by atoms with Crippen LogP contribution in [0.5, 0.6) is 0 Å². The Morgan fingerprint density at radius 1 is 1.12 bits per heavy atom. The van der Waals surface area contributed by atoms with Crippen LogP contribution >= 0.6 is 0 Å². The van der Waals surface area contributed by atoms with Crippen molar-refractivity contribution < 1.29 is 28.6 Å². The number of nitrogens with two attached hydrogens (primary N) is 2. The highest BCUT2D eigenvalue weighted by Gasteiger charge is 2.36. The number of aryl methyl sites for hydroxylation is 1. The number of H-pyrrole nitrogens is 1. The standard InChI is InChI=1S/C20H30N6O7/c1-11(2)14(21)18(30)33-9-20(7-31-12(3)27,8-32-13(4)28)5-6-26-10-23-15-16(26)24-19(22)25-17(15)29/h10-11,14H,5-9,21H2,1-4H3,(H3,22,24,25,29)/t14-/m1/s1. The Morgan fingerprint density at radius 3 is 2.24 bits per heavy atom. The van der Waals surface area contributed by atoms with Crippen LogP contribution in [0.2, 0.25) is 0 Å². The number of aromatic amines is 1. The summed E-state index contributed by atoms with van der Waals surface area (Å²) in [7, 11) is 0. The fourth-order valence-corrected chi connectivity index (χ4v) is 2.94. The molecule has 2 aromatic heterocycles. The highest BCUT2D eigenvalue weighted by atomic mass is 16.6. The third kappa shape index (κ3) is 7.00. The number of imidazole rings is 1. The third-order valence-electron chi connectivity index (χ3n) is 5.05. The summed E-state index contributed by atoms with van der Waals surface area (Å²) in [5.41, 5.74) is 10.3. The molecule has 0 aliphatic carbocycles. The zero-order valence-corrected chi connectivity index (χ0v) is 19.1. The molecular weight excluding hydrogens is 436 g/mol. The van der Waals surface area contributed by atoms with E-state index < -0.39 is 34.9 Å². The van der Waals surface area contributed by atoms with Crippen molar-refractivity contribution in [1.29, 1.82) is 0 Å². The molecule has 2 heterocycles. The van der Waals surface area contributed by atoms with Crippen LogP contribution in [0.3, 0.4) is 0 Å². The second-order valence-electron chi connectivity index (χ2n) is 8.25. The number of carbonyl (C=O) groups excluding carboxylic acids is 3. The number of nitrogen functional groups attached to an aromatic ring is 1. The monoisotopic (exact) mass is 466 g/mol. The van der Waals surface area contributed by atoms with E-state index in [2.05, 4.69) is 15.0 Å². The van der Waals surface area contributed by atoms with Crippen LogP contribution in [0.4, 0.5) is 5.95 Å². The Kier molecular flexibility index (Phi) is 8.51. The van der Waals surface area contributed by atoms with E-state index in [-0.39, 0.29) is 55.8 Å². The molecule has 5 N–H and O–H groups in total. The number of nitrogens with one attached hydrogen (secondary N) is 1. The summed E-state index contributed by atoms with van der Waals surface area (Å²) < 4.78 is 17.4. The van der Waals surface area contributed by atoms with E-state index in [1.54, 1.807) is 18.4 Å². The van der Waals surface area contributed by atoms with Crippen LogP contribution < -0.4 is 17.0 Å². The number of nitrogens with zero attached hydrogens (tertiary/aromatic N) is 3. The van der Waals surface area contributed by atoms with Crippen LogP contribution in [-0.4, -0.2) is 63.3 Å². The third-order valence-corrected chi connectivity index (χ3v) is 5.05. The minimum absolute atomic E-state index is 0.0723. The van der Waals surface area contributed by atoms with E-state index in [0.717, 1.165) is 0 Å². The molecule has 0 aliphatic heterocycles. The molecule has 0 saturated heterocycles. The van der Waals surface area contributed by atoms with Crippen LogP contribution in [0.1, 0.15) is 34.1 Å². The fourth-order valence-electron chi connectivity index (χ4n) is 2.94. The van der Waals surface area contributed by atoms with E-state index in [0.29, 0.717) is 0 Å². The second kappa shape index (κ2) is 10.9. The van der Waals surface area contributed by atoms with Gasteiger partial charge in [-0.15, -0.1) is 0 Å². The first-order valence-corrected chi connectivity index (χ1v) is 10.3. The summed E-state index contributed by atoms with van der Waals surface area (Å²) >= 11 is 0. The van der Waals surface area contributed by atoms with Crippen LogP contribution in [0, 0.1) is 11.3 Å². The zero-order chi connectivity index (χ0) is 24.8. The second-order valence-corrected chi connectivity index (χ2v) is 8.25. The quantitative estimate of drug-likeness (QED) is 0.291. The molecule has 0 fully saturated rings. The van der Waals surface area contributed by atoms with Gasteiger partial charge in [-0.25, -0.2) is 4.98 Å². The molecule has 2 aromatic rings. The van der Waals surface area contributed by atoms with Crippen molar-refractivity contribution in [3.8, 4) is 0 Å². The minimum atomic E-state index is -1.09. The van der Waals surface area contributed by atoms with E-state index in [9.17, 15) is 19.2 Å². The normalized spacial score (nSPS) is 12.5. The van der Waals surface area contributed by atoms with Gasteiger partial charge in [-0.05, 0) is 12.3 Å². The Bertz CT molecular complexity index is 1040. The van der Waals surface area contributed by atoms with Gasteiger partial charge in [-0.3, -0.25) is 24.2 Å². The van der Waals surface area contributed by atoms with Crippen LogP contribution in [-0.2, 0) is 35.1 Å². The molecule has 0 spiro atoms. The molecule has 0 aliphatic rings. The molecule has 1 atom stereocenters. The van der Waals surface area contributed by atoms with Crippen molar-refractivity contribution in [3.05, 3.63) is 16.7 Å². The van der Waals surface area contributed by atoms with Gasteiger partial charge in [0, 0.05) is 20.4 Å². The van der Waals surface area contributed by atoms with Gasteiger partial charge in [-0.1, -0.05) is 13.8 Å². The van der Waals surface area contributed by atoms with Gasteiger partial charge < -0.3 is 30.2 Å². The van der Waals surface area contributed by atoms with Crippen molar-refractivity contribution in [2.24, 2.45) is 17.1 Å². The van der Waals surface area contributed by atoms with Gasteiger partial charge in [0.05, 0.1) is 11.7 Å². The Balaban J connectivity index is 2.32. The molecule has 13 nitrogen and oxygen atoms in total. The predicted octanol–water partition coefficient (Wildman–Crippen LogP) is -0.269. The maximum Gasteiger partial charge on any atom is 0.323 e. The van der Waals surface area contributed by atoms with Crippen LogP contribution in [0.25, 0.3) is 11.2 Å². The number of aromatic nitrogens is 4. The molecule has 13 heteroatoms. The average molecular weight is 466 g/mol. The summed E-state index contributed by atoms with van der Waals surface area (Å²) in [5, 5.41) is 0.